The lowest BCUT2D eigenvalue weighted by Gasteiger charge is -2.09. The number of nitrogens with two attached hydrogens (primary N) is 1. The number of allylic oxidation sites excluding steroid dienone is 3. The molecule has 2 heteroatoms. The number of carbonyl (C=O) groups excluding carboxylic acids is 1. The summed E-state index contributed by atoms with van der Waals surface area (Å²) in [6.45, 7) is 0. The summed E-state index contributed by atoms with van der Waals surface area (Å²) in [4.78, 5) is 9.98. The van der Waals surface area contributed by atoms with Gasteiger partial charge >= 0.3 is 0 Å². The third-order valence-electron chi connectivity index (χ3n) is 1.61. The lowest BCUT2D eigenvalue weighted by molar-refractivity contribution is 0.554. The Bertz CT molecular complexity index is 187. The highest BCUT2D eigenvalue weighted by Gasteiger charge is 2.04. The summed E-state index contributed by atoms with van der Waals surface area (Å²) in [7, 11) is 0. The predicted molar refractivity (Wildman–Crippen MR) is 39.9 cm³/mol. The molecule has 2 N–H and O–H groups in total. The topological polar surface area (TPSA) is 43.1 Å². The number of rotatable bonds is 2. The van der Waals surface area contributed by atoms with Crippen molar-refractivity contribution in [2.45, 2.75) is 19.3 Å². The van der Waals surface area contributed by atoms with Crippen LogP contribution in [0.15, 0.2) is 23.4 Å². The Labute approximate surface area is 60.4 Å². The average Bonchev–Trinajstić information content (AvgIpc) is 1.94. The van der Waals surface area contributed by atoms with Gasteiger partial charge in [0.15, 0.2) is 0 Å². The minimum absolute atomic E-state index is 0.371. The molecule has 0 spiro atoms. The van der Waals surface area contributed by atoms with Gasteiger partial charge in [-0.25, -0.2) is 0 Å². The fraction of sp³-hybridized carbons (Fsp3) is 0.375. The van der Waals surface area contributed by atoms with E-state index in [2.05, 4.69) is 0 Å². The fourth-order valence-corrected chi connectivity index (χ4v) is 0.984. The molecule has 0 amide bonds. The SMILES string of the molecule is NC1=C(C[C]=O)CC=CC1. The van der Waals surface area contributed by atoms with Crippen LogP contribution in [-0.4, -0.2) is 6.29 Å². The van der Waals surface area contributed by atoms with Crippen LogP contribution in [0.25, 0.3) is 0 Å². The van der Waals surface area contributed by atoms with E-state index in [0.717, 1.165) is 24.1 Å². The monoisotopic (exact) mass is 136 g/mol. The maximum atomic E-state index is 9.98. The lowest BCUT2D eigenvalue weighted by Crippen LogP contribution is -2.04. The Morgan fingerprint density at radius 1 is 1.50 bits per heavy atom. The van der Waals surface area contributed by atoms with Gasteiger partial charge in [-0.3, -0.25) is 4.79 Å². The Balaban J connectivity index is 2.61. The van der Waals surface area contributed by atoms with Crippen molar-refractivity contribution in [2.75, 3.05) is 0 Å². The minimum atomic E-state index is 0.371. The third-order valence-corrected chi connectivity index (χ3v) is 1.61. The molecule has 10 heavy (non-hydrogen) atoms. The van der Waals surface area contributed by atoms with Crippen LogP contribution >= 0.6 is 0 Å². The highest BCUT2D eigenvalue weighted by Crippen LogP contribution is 2.16. The van der Waals surface area contributed by atoms with Crippen molar-refractivity contribution in [2.24, 2.45) is 5.73 Å². The predicted octanol–water partition coefficient (Wildman–Crippen LogP) is 1.05. The zero-order chi connectivity index (χ0) is 7.40. The van der Waals surface area contributed by atoms with Crippen molar-refractivity contribution >= 4 is 6.29 Å². The summed E-state index contributed by atoms with van der Waals surface area (Å²) in [6.07, 6.45) is 7.87. The smallest absolute Gasteiger partial charge is 0.202 e. The van der Waals surface area contributed by atoms with E-state index in [-0.39, 0.29) is 0 Å². The van der Waals surface area contributed by atoms with E-state index in [9.17, 15) is 4.79 Å². The van der Waals surface area contributed by atoms with E-state index < -0.39 is 0 Å². The van der Waals surface area contributed by atoms with Crippen LogP contribution in [0.3, 0.4) is 0 Å². The summed E-state index contributed by atoms with van der Waals surface area (Å²) >= 11 is 0. The van der Waals surface area contributed by atoms with E-state index in [0.29, 0.717) is 6.42 Å². The maximum absolute atomic E-state index is 9.98. The van der Waals surface area contributed by atoms with E-state index in [1.165, 1.54) is 0 Å². The van der Waals surface area contributed by atoms with E-state index in [1.54, 1.807) is 0 Å². The first kappa shape index (κ1) is 7.06. The van der Waals surface area contributed by atoms with Gasteiger partial charge in [0.05, 0.1) is 0 Å². The molecule has 1 radical (unpaired) electrons. The lowest BCUT2D eigenvalue weighted by atomic mass is 10.0. The zero-order valence-electron chi connectivity index (χ0n) is 5.76. The molecule has 53 valence electrons. The van der Waals surface area contributed by atoms with Crippen LogP contribution in [0.2, 0.25) is 0 Å². The Morgan fingerprint density at radius 3 is 2.80 bits per heavy atom. The van der Waals surface area contributed by atoms with Crippen molar-refractivity contribution < 1.29 is 4.79 Å². The van der Waals surface area contributed by atoms with Gasteiger partial charge in [-0.05, 0) is 12.0 Å². The van der Waals surface area contributed by atoms with Crippen molar-refractivity contribution in [3.05, 3.63) is 23.4 Å². The zero-order valence-corrected chi connectivity index (χ0v) is 5.76. The largest absolute Gasteiger partial charge is 0.402 e. The quantitative estimate of drug-likeness (QED) is 0.576. The van der Waals surface area contributed by atoms with Crippen molar-refractivity contribution in [3.8, 4) is 0 Å². The van der Waals surface area contributed by atoms with Gasteiger partial charge in [0.25, 0.3) is 0 Å². The summed E-state index contributed by atoms with van der Waals surface area (Å²) in [6, 6.07) is 0. The highest BCUT2D eigenvalue weighted by molar-refractivity contribution is 5.56. The van der Waals surface area contributed by atoms with E-state index >= 15 is 0 Å². The second kappa shape index (κ2) is 3.20. The summed E-state index contributed by atoms with van der Waals surface area (Å²) in [5, 5.41) is 0. The summed E-state index contributed by atoms with van der Waals surface area (Å²) < 4.78 is 0. The third kappa shape index (κ3) is 1.47. The standard InChI is InChI=1S/C8H10NO/c9-8-4-2-1-3-7(8)5-6-10/h1-2H,3-5,9H2. The Kier molecular flexibility index (Phi) is 2.26. The normalized spacial score (nSPS) is 17.6. The minimum Gasteiger partial charge on any atom is -0.402 e. The van der Waals surface area contributed by atoms with Crippen LogP contribution in [0.5, 0.6) is 0 Å². The first-order valence-electron chi connectivity index (χ1n) is 3.31. The fourth-order valence-electron chi connectivity index (χ4n) is 0.984. The summed E-state index contributed by atoms with van der Waals surface area (Å²) in [5.41, 5.74) is 7.48. The first-order valence-corrected chi connectivity index (χ1v) is 3.31. The molecule has 0 aromatic carbocycles. The van der Waals surface area contributed by atoms with Gasteiger partial charge in [0.2, 0.25) is 6.29 Å². The van der Waals surface area contributed by atoms with Gasteiger partial charge < -0.3 is 5.73 Å². The molecule has 0 aromatic heterocycles. The molecule has 0 saturated carbocycles. The molecule has 1 rings (SSSR count). The van der Waals surface area contributed by atoms with Crippen molar-refractivity contribution in [3.63, 3.8) is 0 Å². The molecule has 0 unspecified atom stereocenters. The molecule has 1 aliphatic carbocycles. The molecule has 0 bridgehead atoms. The average molecular weight is 136 g/mol. The molecule has 0 atom stereocenters. The van der Waals surface area contributed by atoms with Gasteiger partial charge in [0.1, 0.15) is 0 Å². The van der Waals surface area contributed by atoms with Crippen LogP contribution < -0.4 is 5.73 Å². The van der Waals surface area contributed by atoms with Crippen LogP contribution in [-0.2, 0) is 4.79 Å². The molecular formula is C8H10NO. The molecule has 0 aromatic rings. The molecule has 1 aliphatic rings. The van der Waals surface area contributed by atoms with Crippen LogP contribution in [0, 0.1) is 0 Å². The van der Waals surface area contributed by atoms with Crippen molar-refractivity contribution in [1.29, 1.82) is 0 Å². The Morgan fingerprint density at radius 2 is 2.20 bits per heavy atom. The van der Waals surface area contributed by atoms with Crippen LogP contribution in [0.1, 0.15) is 19.3 Å². The van der Waals surface area contributed by atoms with Gasteiger partial charge in [0, 0.05) is 18.5 Å². The van der Waals surface area contributed by atoms with Gasteiger partial charge in [-0.2, -0.15) is 0 Å². The highest BCUT2D eigenvalue weighted by atomic mass is 16.1. The van der Waals surface area contributed by atoms with Crippen molar-refractivity contribution in [1.82, 2.24) is 0 Å². The first-order chi connectivity index (χ1) is 4.84. The molecule has 0 heterocycles. The van der Waals surface area contributed by atoms with Gasteiger partial charge in [-0.15, -0.1) is 0 Å². The van der Waals surface area contributed by atoms with Gasteiger partial charge in [-0.1, -0.05) is 12.2 Å². The van der Waals surface area contributed by atoms with E-state index in [4.69, 9.17) is 5.73 Å². The molecule has 2 nitrogen and oxygen atoms in total. The molecule has 0 saturated heterocycles. The van der Waals surface area contributed by atoms with Crippen LogP contribution in [0.4, 0.5) is 0 Å². The molecule has 0 fully saturated rings. The van der Waals surface area contributed by atoms with E-state index in [1.807, 2.05) is 18.4 Å². The summed E-state index contributed by atoms with van der Waals surface area (Å²) in [5.74, 6) is 0. The second-order valence-electron chi connectivity index (χ2n) is 2.33. The number of hydrogen-bond donors (Lipinski definition) is 1. The molecular weight excluding hydrogens is 126 g/mol. The Hall–Kier alpha value is -1.05. The maximum Gasteiger partial charge on any atom is 0.202 e. The molecule has 0 aliphatic heterocycles. The second-order valence-corrected chi connectivity index (χ2v) is 2.33. The number of hydrogen-bond acceptors (Lipinski definition) is 2.